The van der Waals surface area contributed by atoms with Crippen LogP contribution in [0.4, 0.5) is 0 Å². The van der Waals surface area contributed by atoms with Gasteiger partial charge < -0.3 is 5.32 Å². The van der Waals surface area contributed by atoms with Crippen molar-refractivity contribution in [1.29, 1.82) is 0 Å². The molecule has 0 radical (unpaired) electrons. The van der Waals surface area contributed by atoms with E-state index in [1.165, 1.54) is 44.9 Å². The second kappa shape index (κ2) is 10.4. The van der Waals surface area contributed by atoms with Gasteiger partial charge in [-0.05, 0) is 38.5 Å². The van der Waals surface area contributed by atoms with Crippen LogP contribution in [0.1, 0.15) is 70.6 Å². The molecule has 17 heavy (non-hydrogen) atoms. The van der Waals surface area contributed by atoms with Gasteiger partial charge in [0.15, 0.2) is 0 Å². The first kappa shape index (κ1) is 14.3. The molecule has 0 saturated heterocycles. The van der Waals surface area contributed by atoms with Crippen LogP contribution >= 0.6 is 0 Å². The van der Waals surface area contributed by atoms with Crippen molar-refractivity contribution < 1.29 is 4.79 Å². The topological polar surface area (TPSA) is 29.1 Å². The number of carbonyl (C=O) groups excluding carboxylic acids is 1. The van der Waals surface area contributed by atoms with Gasteiger partial charge in [0.25, 0.3) is 0 Å². The average Bonchev–Trinajstić information content (AvgIpc) is 2.32. The van der Waals surface area contributed by atoms with E-state index in [1.807, 2.05) is 0 Å². The Kier molecular flexibility index (Phi) is 8.71. The molecule has 0 aromatic heterocycles. The van der Waals surface area contributed by atoms with Gasteiger partial charge in [0, 0.05) is 13.0 Å². The van der Waals surface area contributed by atoms with Gasteiger partial charge in [-0.25, -0.2) is 0 Å². The Labute approximate surface area is 106 Å². The predicted molar refractivity (Wildman–Crippen MR) is 72.9 cm³/mol. The maximum absolute atomic E-state index is 11.5. The van der Waals surface area contributed by atoms with Crippen molar-refractivity contribution in [2.45, 2.75) is 70.6 Å². The fourth-order valence-electron chi connectivity index (χ4n) is 2.19. The van der Waals surface area contributed by atoms with E-state index >= 15 is 0 Å². The highest BCUT2D eigenvalue weighted by Gasteiger charge is 2.00. The van der Waals surface area contributed by atoms with Crippen LogP contribution in [0.5, 0.6) is 0 Å². The quantitative estimate of drug-likeness (QED) is 0.635. The molecule has 1 aliphatic rings. The summed E-state index contributed by atoms with van der Waals surface area (Å²) in [7, 11) is 0. The van der Waals surface area contributed by atoms with Crippen LogP contribution in [0.25, 0.3) is 0 Å². The van der Waals surface area contributed by atoms with Crippen LogP contribution in [-0.2, 0) is 4.79 Å². The third kappa shape index (κ3) is 8.96. The van der Waals surface area contributed by atoms with Gasteiger partial charge in [-0.3, -0.25) is 4.79 Å². The highest BCUT2D eigenvalue weighted by atomic mass is 16.1. The molecule has 2 nitrogen and oxygen atoms in total. The summed E-state index contributed by atoms with van der Waals surface area (Å²) in [6.07, 6.45) is 17.6. The summed E-state index contributed by atoms with van der Waals surface area (Å²) in [5.74, 6) is 0.243. The van der Waals surface area contributed by atoms with Gasteiger partial charge in [-0.2, -0.15) is 0 Å². The van der Waals surface area contributed by atoms with Gasteiger partial charge in [0.2, 0.25) is 5.91 Å². The summed E-state index contributed by atoms with van der Waals surface area (Å²) in [6, 6.07) is 0. The van der Waals surface area contributed by atoms with E-state index in [4.69, 9.17) is 0 Å². The lowest BCUT2D eigenvalue weighted by molar-refractivity contribution is -0.121. The molecule has 0 fully saturated rings. The maximum Gasteiger partial charge on any atom is 0.219 e. The molecule has 1 N–H and O–H groups in total. The minimum atomic E-state index is 0.243. The van der Waals surface area contributed by atoms with Crippen LogP contribution in [0, 0.1) is 0 Å². The van der Waals surface area contributed by atoms with Crippen LogP contribution in [0.3, 0.4) is 0 Å². The molecule has 0 bridgehead atoms. The molecule has 1 amide bonds. The van der Waals surface area contributed by atoms with Crippen molar-refractivity contribution in [2.75, 3.05) is 6.54 Å². The first-order valence-electron chi connectivity index (χ1n) is 7.31. The van der Waals surface area contributed by atoms with E-state index < -0.39 is 0 Å². The SMILES string of the molecule is O=C1CCCCCCCC/C=C/CCCCN1. The van der Waals surface area contributed by atoms with Gasteiger partial charge >= 0.3 is 0 Å². The zero-order valence-electron chi connectivity index (χ0n) is 11.0. The lowest BCUT2D eigenvalue weighted by atomic mass is 10.1. The molecule has 0 aliphatic carbocycles. The fraction of sp³-hybridized carbons (Fsp3) is 0.800. The zero-order valence-corrected chi connectivity index (χ0v) is 11.0. The second-order valence-electron chi connectivity index (χ2n) is 4.98. The number of allylic oxidation sites excluding steroid dienone is 2. The Bertz CT molecular complexity index is 223. The van der Waals surface area contributed by atoms with E-state index in [9.17, 15) is 4.79 Å². The van der Waals surface area contributed by atoms with Gasteiger partial charge in [0.05, 0.1) is 0 Å². The third-order valence-corrected chi connectivity index (χ3v) is 3.31. The summed E-state index contributed by atoms with van der Waals surface area (Å²) >= 11 is 0. The minimum Gasteiger partial charge on any atom is -0.356 e. The molecule has 0 atom stereocenters. The molecule has 0 unspecified atom stereocenters. The van der Waals surface area contributed by atoms with Crippen molar-refractivity contribution in [2.24, 2.45) is 0 Å². The molecule has 1 aliphatic heterocycles. The van der Waals surface area contributed by atoms with Crippen molar-refractivity contribution in [3.8, 4) is 0 Å². The lowest BCUT2D eigenvalue weighted by Crippen LogP contribution is -2.23. The van der Waals surface area contributed by atoms with Crippen LogP contribution in [-0.4, -0.2) is 12.5 Å². The van der Waals surface area contributed by atoms with Gasteiger partial charge in [0.1, 0.15) is 0 Å². The van der Waals surface area contributed by atoms with E-state index in [0.717, 1.165) is 32.2 Å². The van der Waals surface area contributed by atoms with Gasteiger partial charge in [-0.1, -0.05) is 37.8 Å². The van der Waals surface area contributed by atoms with Crippen molar-refractivity contribution in [3.63, 3.8) is 0 Å². The number of hydrogen-bond donors (Lipinski definition) is 1. The molecule has 2 heteroatoms. The summed E-state index contributed by atoms with van der Waals surface area (Å²) < 4.78 is 0. The third-order valence-electron chi connectivity index (χ3n) is 3.31. The monoisotopic (exact) mass is 237 g/mol. The lowest BCUT2D eigenvalue weighted by Gasteiger charge is -2.05. The number of nitrogens with one attached hydrogen (secondary N) is 1. The van der Waals surface area contributed by atoms with Crippen molar-refractivity contribution in [1.82, 2.24) is 5.32 Å². The van der Waals surface area contributed by atoms with Crippen LogP contribution < -0.4 is 5.32 Å². The van der Waals surface area contributed by atoms with E-state index in [-0.39, 0.29) is 5.91 Å². The summed E-state index contributed by atoms with van der Waals surface area (Å²) in [5, 5.41) is 3.00. The summed E-state index contributed by atoms with van der Waals surface area (Å²) in [5.41, 5.74) is 0. The number of carbonyl (C=O) groups is 1. The van der Waals surface area contributed by atoms with E-state index in [0.29, 0.717) is 0 Å². The number of rotatable bonds is 0. The first-order valence-corrected chi connectivity index (χ1v) is 7.31. The Hall–Kier alpha value is -0.790. The normalized spacial score (nSPS) is 23.9. The highest BCUT2D eigenvalue weighted by molar-refractivity contribution is 5.75. The smallest absolute Gasteiger partial charge is 0.219 e. The Morgan fingerprint density at radius 1 is 0.765 bits per heavy atom. The first-order chi connectivity index (χ1) is 8.39. The Balaban J connectivity index is 2.18. The Morgan fingerprint density at radius 3 is 2.12 bits per heavy atom. The van der Waals surface area contributed by atoms with Crippen molar-refractivity contribution in [3.05, 3.63) is 12.2 Å². The molecule has 0 aromatic carbocycles. The minimum absolute atomic E-state index is 0.243. The zero-order chi connectivity index (χ0) is 12.2. The van der Waals surface area contributed by atoms with Crippen LogP contribution in [0.2, 0.25) is 0 Å². The molecular formula is C15H27NO. The summed E-state index contributed by atoms with van der Waals surface area (Å²) in [6.45, 7) is 0.854. The van der Waals surface area contributed by atoms with Crippen molar-refractivity contribution >= 4 is 5.91 Å². The standard InChI is InChI=1S/C15H27NO/c17-15-13-11-9-7-5-3-1-2-4-6-8-10-12-14-16-15/h4,6H,1-3,5,7-14H2,(H,16,17)/b6-4+. The fourth-order valence-corrected chi connectivity index (χ4v) is 2.19. The molecular weight excluding hydrogens is 210 g/mol. The largest absolute Gasteiger partial charge is 0.356 e. The van der Waals surface area contributed by atoms with Gasteiger partial charge in [-0.15, -0.1) is 0 Å². The molecule has 0 spiro atoms. The predicted octanol–water partition coefficient (Wildman–Crippen LogP) is 3.96. The average molecular weight is 237 g/mol. The second-order valence-corrected chi connectivity index (χ2v) is 4.98. The number of amides is 1. The van der Waals surface area contributed by atoms with E-state index in [1.54, 1.807) is 0 Å². The molecule has 0 aromatic rings. The Morgan fingerprint density at radius 2 is 1.35 bits per heavy atom. The highest BCUT2D eigenvalue weighted by Crippen LogP contribution is 2.09. The summed E-state index contributed by atoms with van der Waals surface area (Å²) in [4.78, 5) is 11.5. The molecule has 1 rings (SSSR count). The van der Waals surface area contributed by atoms with Crippen LogP contribution in [0.15, 0.2) is 12.2 Å². The number of hydrogen-bond acceptors (Lipinski definition) is 1. The molecule has 0 saturated carbocycles. The van der Waals surface area contributed by atoms with E-state index in [2.05, 4.69) is 17.5 Å². The maximum atomic E-state index is 11.5. The molecule has 1 heterocycles. The molecule has 98 valence electrons.